The molecule has 1 rings (SSSR count). The van der Waals surface area contributed by atoms with Gasteiger partial charge in [-0.05, 0) is 23.5 Å². The molecule has 3 heteroatoms. The first kappa shape index (κ1) is 10.9. The Balaban J connectivity index is 2.77. The zero-order chi connectivity index (χ0) is 10.4. The largest absolute Gasteiger partial charge is 0.478 e. The molecule has 0 aliphatic carbocycles. The topological polar surface area (TPSA) is 37.3 Å². The van der Waals surface area contributed by atoms with Gasteiger partial charge in [-0.15, -0.1) is 0 Å². The molecule has 0 saturated heterocycles. The van der Waals surface area contributed by atoms with E-state index in [9.17, 15) is 4.79 Å². The summed E-state index contributed by atoms with van der Waals surface area (Å²) in [4.78, 5) is 10.3. The Morgan fingerprint density at radius 3 is 3.00 bits per heavy atom. The maximum absolute atomic E-state index is 10.3. The van der Waals surface area contributed by atoms with Crippen molar-refractivity contribution >= 4 is 23.8 Å². The zero-order valence-corrected chi connectivity index (χ0v) is 8.75. The summed E-state index contributed by atoms with van der Waals surface area (Å²) in [6, 6.07) is 7.86. The fourth-order valence-corrected chi connectivity index (χ4v) is 1.63. The van der Waals surface area contributed by atoms with Crippen LogP contribution in [0, 0.1) is 0 Å². The predicted molar refractivity (Wildman–Crippen MR) is 60.3 cm³/mol. The molecule has 1 aromatic carbocycles. The summed E-state index contributed by atoms with van der Waals surface area (Å²) in [7, 11) is 0. The molecule has 0 bridgehead atoms. The number of rotatable bonds is 4. The highest BCUT2D eigenvalue weighted by atomic mass is 32.2. The van der Waals surface area contributed by atoms with E-state index >= 15 is 0 Å². The lowest BCUT2D eigenvalue weighted by molar-refractivity contribution is -0.131. The lowest BCUT2D eigenvalue weighted by atomic mass is 10.1. The highest BCUT2D eigenvalue weighted by Crippen LogP contribution is 2.12. The summed E-state index contributed by atoms with van der Waals surface area (Å²) in [6.07, 6.45) is 4.80. The third kappa shape index (κ3) is 3.66. The molecule has 0 aromatic heterocycles. The molecule has 0 aliphatic rings. The average molecular weight is 208 g/mol. The minimum atomic E-state index is -0.916. The monoisotopic (exact) mass is 208 g/mol. The van der Waals surface area contributed by atoms with E-state index in [4.69, 9.17) is 5.11 Å². The van der Waals surface area contributed by atoms with Gasteiger partial charge in [0.2, 0.25) is 0 Å². The van der Waals surface area contributed by atoms with Gasteiger partial charge in [0.15, 0.2) is 0 Å². The van der Waals surface area contributed by atoms with Crippen molar-refractivity contribution in [3.63, 3.8) is 0 Å². The van der Waals surface area contributed by atoms with Crippen LogP contribution in [0.25, 0.3) is 6.08 Å². The number of carboxylic acid groups (broad SMARTS) is 1. The summed E-state index contributed by atoms with van der Waals surface area (Å²) in [5.41, 5.74) is 2.14. The zero-order valence-electron chi connectivity index (χ0n) is 7.93. The van der Waals surface area contributed by atoms with Gasteiger partial charge in [0.05, 0.1) is 0 Å². The molecule has 0 heterocycles. The fourth-order valence-electron chi connectivity index (χ4n) is 1.12. The Morgan fingerprint density at radius 1 is 1.57 bits per heavy atom. The van der Waals surface area contributed by atoms with E-state index in [1.807, 2.05) is 30.5 Å². The SMILES string of the molecule is CSCc1cccc(/C=C/C(=O)O)c1. The van der Waals surface area contributed by atoms with E-state index in [0.717, 1.165) is 17.4 Å². The number of aliphatic carboxylic acids is 1. The molecule has 0 aliphatic heterocycles. The van der Waals surface area contributed by atoms with Crippen molar-refractivity contribution in [1.82, 2.24) is 0 Å². The normalized spacial score (nSPS) is 10.6. The summed E-state index contributed by atoms with van der Waals surface area (Å²) in [5, 5.41) is 8.46. The van der Waals surface area contributed by atoms with Crippen LogP contribution in [-0.2, 0) is 10.5 Å². The molecule has 2 nitrogen and oxygen atoms in total. The maximum Gasteiger partial charge on any atom is 0.328 e. The van der Waals surface area contributed by atoms with Crippen molar-refractivity contribution < 1.29 is 9.90 Å². The van der Waals surface area contributed by atoms with Crippen LogP contribution in [0.5, 0.6) is 0 Å². The second-order valence-corrected chi connectivity index (χ2v) is 3.72. The molecule has 0 radical (unpaired) electrons. The van der Waals surface area contributed by atoms with Gasteiger partial charge in [0.25, 0.3) is 0 Å². The van der Waals surface area contributed by atoms with Crippen molar-refractivity contribution in [3.8, 4) is 0 Å². The highest BCUT2D eigenvalue weighted by Gasteiger charge is 1.93. The standard InChI is InChI=1S/C11H12O2S/c1-14-8-10-4-2-3-9(7-10)5-6-11(12)13/h2-7H,8H2,1H3,(H,12,13)/b6-5+. The van der Waals surface area contributed by atoms with Crippen molar-refractivity contribution in [3.05, 3.63) is 41.5 Å². The average Bonchev–Trinajstić information content (AvgIpc) is 2.16. The van der Waals surface area contributed by atoms with Gasteiger partial charge in [0.1, 0.15) is 0 Å². The molecular formula is C11H12O2S. The molecular weight excluding hydrogens is 196 g/mol. The summed E-state index contributed by atoms with van der Waals surface area (Å²) < 4.78 is 0. The number of benzene rings is 1. The van der Waals surface area contributed by atoms with E-state index in [0.29, 0.717) is 0 Å². The Kier molecular flexibility index (Phi) is 4.26. The van der Waals surface area contributed by atoms with Crippen LogP contribution in [0.2, 0.25) is 0 Å². The first-order valence-electron chi connectivity index (χ1n) is 4.21. The van der Waals surface area contributed by atoms with E-state index in [1.165, 1.54) is 5.56 Å². The van der Waals surface area contributed by atoms with Crippen molar-refractivity contribution in [1.29, 1.82) is 0 Å². The second kappa shape index (κ2) is 5.50. The van der Waals surface area contributed by atoms with Crippen LogP contribution in [0.3, 0.4) is 0 Å². The van der Waals surface area contributed by atoms with E-state index in [-0.39, 0.29) is 0 Å². The summed E-state index contributed by atoms with van der Waals surface area (Å²) in [6.45, 7) is 0. The highest BCUT2D eigenvalue weighted by molar-refractivity contribution is 7.97. The Hall–Kier alpha value is -1.22. The van der Waals surface area contributed by atoms with E-state index < -0.39 is 5.97 Å². The molecule has 1 N–H and O–H groups in total. The van der Waals surface area contributed by atoms with Crippen LogP contribution < -0.4 is 0 Å². The smallest absolute Gasteiger partial charge is 0.328 e. The van der Waals surface area contributed by atoms with Crippen molar-refractivity contribution in [2.24, 2.45) is 0 Å². The Morgan fingerprint density at radius 2 is 2.36 bits per heavy atom. The lowest BCUT2D eigenvalue weighted by Crippen LogP contribution is -1.86. The Labute approximate surface area is 87.6 Å². The van der Waals surface area contributed by atoms with Crippen molar-refractivity contribution in [2.45, 2.75) is 5.75 Å². The quantitative estimate of drug-likeness (QED) is 0.773. The molecule has 14 heavy (non-hydrogen) atoms. The van der Waals surface area contributed by atoms with E-state index in [1.54, 1.807) is 17.8 Å². The molecule has 0 amide bonds. The minimum Gasteiger partial charge on any atom is -0.478 e. The number of carbonyl (C=O) groups is 1. The Bertz CT molecular complexity index is 345. The van der Waals surface area contributed by atoms with Gasteiger partial charge >= 0.3 is 5.97 Å². The molecule has 74 valence electrons. The van der Waals surface area contributed by atoms with Gasteiger partial charge in [-0.2, -0.15) is 11.8 Å². The molecule has 0 atom stereocenters. The van der Waals surface area contributed by atoms with Crippen LogP contribution in [-0.4, -0.2) is 17.3 Å². The molecule has 0 unspecified atom stereocenters. The second-order valence-electron chi connectivity index (χ2n) is 2.85. The first-order valence-corrected chi connectivity index (χ1v) is 5.60. The van der Waals surface area contributed by atoms with Gasteiger partial charge in [0, 0.05) is 11.8 Å². The third-order valence-corrected chi connectivity index (χ3v) is 2.30. The van der Waals surface area contributed by atoms with Gasteiger partial charge < -0.3 is 5.11 Å². The van der Waals surface area contributed by atoms with Crippen molar-refractivity contribution in [2.75, 3.05) is 6.26 Å². The van der Waals surface area contributed by atoms with E-state index in [2.05, 4.69) is 0 Å². The lowest BCUT2D eigenvalue weighted by Gasteiger charge is -1.99. The molecule has 0 spiro atoms. The number of carboxylic acids is 1. The predicted octanol–water partition coefficient (Wildman–Crippen LogP) is 2.65. The summed E-state index contributed by atoms with van der Waals surface area (Å²) in [5.74, 6) is 0.0367. The molecule has 1 aromatic rings. The number of hydrogen-bond donors (Lipinski definition) is 1. The number of thioether (sulfide) groups is 1. The van der Waals surface area contributed by atoms with Crippen LogP contribution in [0.1, 0.15) is 11.1 Å². The van der Waals surface area contributed by atoms with Gasteiger partial charge in [-0.25, -0.2) is 4.79 Å². The first-order chi connectivity index (χ1) is 6.72. The van der Waals surface area contributed by atoms with Crippen LogP contribution >= 0.6 is 11.8 Å². The van der Waals surface area contributed by atoms with Gasteiger partial charge in [-0.3, -0.25) is 0 Å². The molecule has 0 fully saturated rings. The minimum absolute atomic E-state index is 0.916. The maximum atomic E-state index is 10.3. The summed E-state index contributed by atoms with van der Waals surface area (Å²) >= 11 is 1.75. The fraction of sp³-hybridized carbons (Fsp3) is 0.182. The molecule has 0 saturated carbocycles. The number of hydrogen-bond acceptors (Lipinski definition) is 2. The van der Waals surface area contributed by atoms with Crippen LogP contribution in [0.15, 0.2) is 30.3 Å². The third-order valence-electron chi connectivity index (χ3n) is 1.68. The van der Waals surface area contributed by atoms with Crippen LogP contribution in [0.4, 0.5) is 0 Å². The van der Waals surface area contributed by atoms with Gasteiger partial charge in [-0.1, -0.05) is 24.3 Å².